The zero-order valence-corrected chi connectivity index (χ0v) is 12.2. The van der Waals surface area contributed by atoms with E-state index in [4.69, 9.17) is 16.9 Å². The van der Waals surface area contributed by atoms with Crippen LogP contribution in [-0.4, -0.2) is 30.7 Å². The molecule has 0 radical (unpaired) electrons. The molecule has 0 unspecified atom stereocenters. The Hall–Kier alpha value is -1.69. The molecule has 0 amide bonds. The van der Waals surface area contributed by atoms with Gasteiger partial charge in [-0.3, -0.25) is 10.1 Å². The van der Waals surface area contributed by atoms with Crippen LogP contribution in [0.3, 0.4) is 0 Å². The third-order valence-corrected chi connectivity index (χ3v) is 4.63. The summed E-state index contributed by atoms with van der Waals surface area (Å²) in [7, 11) is -3.95. The highest BCUT2D eigenvalue weighted by atomic mass is 35.5. The third kappa shape index (κ3) is 3.45. The highest BCUT2D eigenvalue weighted by Crippen LogP contribution is 2.28. The fourth-order valence-corrected chi connectivity index (χ4v) is 3.19. The molecule has 9 heteroatoms. The molecule has 0 atom stereocenters. The molecule has 0 spiro atoms. The van der Waals surface area contributed by atoms with Gasteiger partial charge in [0.1, 0.15) is 11.6 Å². The molecule has 0 aromatic heterocycles. The summed E-state index contributed by atoms with van der Waals surface area (Å²) >= 11 is 5.64. The van der Waals surface area contributed by atoms with Crippen LogP contribution >= 0.6 is 11.6 Å². The molecule has 108 valence electrons. The monoisotopic (exact) mass is 317 g/mol. The second-order valence-corrected chi connectivity index (χ2v) is 6.21. The second-order valence-electron chi connectivity index (χ2n) is 3.87. The summed E-state index contributed by atoms with van der Waals surface area (Å²) in [6.07, 6.45) is 0.524. The lowest BCUT2D eigenvalue weighted by Crippen LogP contribution is -2.32. The lowest BCUT2D eigenvalue weighted by atomic mass is 10.3. The standard InChI is InChI=1S/C11H12ClN3O4S/c1-2-6-14(7-5-13)20(18,19)9-3-4-10(12)11(8-9)15(16)17/h3-4,8H,2,6-7H2,1H3. The smallest absolute Gasteiger partial charge is 0.258 e. The van der Waals surface area contributed by atoms with Crippen molar-refractivity contribution in [3.63, 3.8) is 0 Å². The highest BCUT2D eigenvalue weighted by molar-refractivity contribution is 7.89. The first-order valence-corrected chi connectivity index (χ1v) is 7.47. The van der Waals surface area contributed by atoms with E-state index >= 15 is 0 Å². The van der Waals surface area contributed by atoms with Gasteiger partial charge in [-0.2, -0.15) is 9.57 Å². The highest BCUT2D eigenvalue weighted by Gasteiger charge is 2.26. The number of nitriles is 1. The van der Waals surface area contributed by atoms with Gasteiger partial charge in [0.15, 0.2) is 0 Å². The van der Waals surface area contributed by atoms with E-state index in [1.807, 2.05) is 0 Å². The molecule has 0 fully saturated rings. The van der Waals surface area contributed by atoms with E-state index < -0.39 is 20.6 Å². The largest absolute Gasteiger partial charge is 0.289 e. The minimum absolute atomic E-state index is 0.142. The summed E-state index contributed by atoms with van der Waals surface area (Å²) in [5, 5.41) is 19.3. The molecule has 7 nitrogen and oxygen atoms in total. The molecule has 0 aliphatic carbocycles. The fourth-order valence-electron chi connectivity index (χ4n) is 1.55. The number of halogens is 1. The van der Waals surface area contributed by atoms with Crippen molar-refractivity contribution in [3.05, 3.63) is 33.3 Å². The average Bonchev–Trinajstić information content (AvgIpc) is 2.38. The molecule has 1 aromatic rings. The first kappa shape index (κ1) is 16.4. The van der Waals surface area contributed by atoms with Crippen molar-refractivity contribution >= 4 is 27.3 Å². The molecular weight excluding hydrogens is 306 g/mol. The van der Waals surface area contributed by atoms with Gasteiger partial charge in [-0.15, -0.1) is 0 Å². The van der Waals surface area contributed by atoms with E-state index in [2.05, 4.69) is 0 Å². The summed E-state index contributed by atoms with van der Waals surface area (Å²) in [5.74, 6) is 0. The molecule has 0 saturated carbocycles. The summed E-state index contributed by atoms with van der Waals surface area (Å²) in [6.45, 7) is 1.61. The van der Waals surface area contributed by atoms with Crippen LogP contribution in [0.25, 0.3) is 0 Å². The SMILES string of the molecule is CCCN(CC#N)S(=O)(=O)c1ccc(Cl)c([N+](=O)[O-])c1. The number of nitrogens with zero attached hydrogens (tertiary/aromatic N) is 3. The third-order valence-electron chi connectivity index (χ3n) is 2.47. The number of hydrogen-bond donors (Lipinski definition) is 0. The van der Waals surface area contributed by atoms with Crippen LogP contribution in [0.4, 0.5) is 5.69 Å². The number of benzene rings is 1. The van der Waals surface area contributed by atoms with Crippen molar-refractivity contribution in [3.8, 4) is 6.07 Å². The van der Waals surface area contributed by atoms with Crippen molar-refractivity contribution in [2.45, 2.75) is 18.2 Å². The van der Waals surface area contributed by atoms with Crippen LogP contribution in [-0.2, 0) is 10.0 Å². The Morgan fingerprint density at radius 1 is 1.50 bits per heavy atom. The molecule has 1 rings (SSSR count). The minimum Gasteiger partial charge on any atom is -0.258 e. The Morgan fingerprint density at radius 3 is 2.65 bits per heavy atom. The van der Waals surface area contributed by atoms with Crippen LogP contribution in [0.1, 0.15) is 13.3 Å². The Labute approximate surface area is 121 Å². The van der Waals surface area contributed by atoms with Gasteiger partial charge in [0.05, 0.1) is 15.9 Å². The van der Waals surface area contributed by atoms with Crippen LogP contribution in [0.2, 0.25) is 5.02 Å². The lowest BCUT2D eigenvalue weighted by molar-refractivity contribution is -0.384. The quantitative estimate of drug-likeness (QED) is 0.454. The van der Waals surface area contributed by atoms with Crippen LogP contribution in [0, 0.1) is 21.4 Å². The molecule has 20 heavy (non-hydrogen) atoms. The number of rotatable bonds is 6. The van der Waals surface area contributed by atoms with E-state index in [9.17, 15) is 18.5 Å². The molecule has 0 bridgehead atoms. The van der Waals surface area contributed by atoms with Gasteiger partial charge in [0.2, 0.25) is 10.0 Å². The predicted octanol–water partition coefficient (Wildman–Crippen LogP) is 2.17. The minimum atomic E-state index is -3.95. The summed E-state index contributed by atoms with van der Waals surface area (Å²) in [5.41, 5.74) is -0.485. The predicted molar refractivity (Wildman–Crippen MR) is 72.8 cm³/mol. The zero-order chi connectivity index (χ0) is 15.3. The van der Waals surface area contributed by atoms with Crippen molar-refractivity contribution in [2.75, 3.05) is 13.1 Å². The van der Waals surface area contributed by atoms with Crippen molar-refractivity contribution in [1.29, 1.82) is 5.26 Å². The number of hydrogen-bond acceptors (Lipinski definition) is 5. The first-order valence-electron chi connectivity index (χ1n) is 5.65. The first-order chi connectivity index (χ1) is 9.34. The summed E-state index contributed by atoms with van der Waals surface area (Å²) in [6, 6.07) is 5.01. The zero-order valence-electron chi connectivity index (χ0n) is 10.6. The lowest BCUT2D eigenvalue weighted by Gasteiger charge is -2.18. The molecule has 0 aliphatic heterocycles. The topological polar surface area (TPSA) is 104 Å². The Kier molecular flexibility index (Phi) is 5.44. The maximum atomic E-state index is 12.3. The maximum Gasteiger partial charge on any atom is 0.289 e. The number of sulfonamides is 1. The maximum absolute atomic E-state index is 12.3. The van der Waals surface area contributed by atoms with E-state index in [0.29, 0.717) is 6.42 Å². The van der Waals surface area contributed by atoms with Gasteiger partial charge in [0, 0.05) is 12.6 Å². The van der Waals surface area contributed by atoms with Crippen LogP contribution < -0.4 is 0 Å². The second kappa shape index (κ2) is 6.65. The van der Waals surface area contributed by atoms with Gasteiger partial charge in [-0.25, -0.2) is 8.42 Å². The van der Waals surface area contributed by atoms with Gasteiger partial charge >= 0.3 is 0 Å². The fraction of sp³-hybridized carbons (Fsp3) is 0.364. The van der Waals surface area contributed by atoms with Gasteiger partial charge < -0.3 is 0 Å². The summed E-state index contributed by atoms with van der Waals surface area (Å²) < 4.78 is 25.6. The Bertz CT molecular complexity index is 654. The van der Waals surface area contributed by atoms with E-state index in [1.165, 1.54) is 6.07 Å². The van der Waals surface area contributed by atoms with E-state index in [0.717, 1.165) is 16.4 Å². The summed E-state index contributed by atoms with van der Waals surface area (Å²) in [4.78, 5) is 9.78. The van der Waals surface area contributed by atoms with Gasteiger partial charge in [0.25, 0.3) is 5.69 Å². The molecule has 1 aromatic carbocycles. The average molecular weight is 318 g/mol. The van der Waals surface area contributed by atoms with Gasteiger partial charge in [-0.05, 0) is 18.6 Å². The van der Waals surface area contributed by atoms with Crippen LogP contribution in [0.15, 0.2) is 23.1 Å². The van der Waals surface area contributed by atoms with E-state index in [1.54, 1.807) is 13.0 Å². The van der Waals surface area contributed by atoms with Crippen molar-refractivity contribution < 1.29 is 13.3 Å². The molecule has 0 N–H and O–H groups in total. The normalized spacial score (nSPS) is 11.3. The molecular formula is C11H12ClN3O4S. The Balaban J connectivity index is 3.31. The van der Waals surface area contributed by atoms with Crippen molar-refractivity contribution in [1.82, 2.24) is 4.31 Å². The van der Waals surface area contributed by atoms with Gasteiger partial charge in [-0.1, -0.05) is 18.5 Å². The molecule has 0 heterocycles. The van der Waals surface area contributed by atoms with Crippen molar-refractivity contribution in [2.24, 2.45) is 0 Å². The van der Waals surface area contributed by atoms with E-state index in [-0.39, 0.29) is 23.0 Å². The van der Waals surface area contributed by atoms with Crippen LogP contribution in [0.5, 0.6) is 0 Å². The molecule has 0 saturated heterocycles. The number of nitro benzene ring substituents is 1. The molecule has 0 aliphatic rings. The number of nitro groups is 1. The Morgan fingerprint density at radius 2 is 2.15 bits per heavy atom.